The van der Waals surface area contributed by atoms with E-state index in [1.165, 1.54) is 30.6 Å². The van der Waals surface area contributed by atoms with Gasteiger partial charge >= 0.3 is 0 Å². The van der Waals surface area contributed by atoms with E-state index in [9.17, 15) is 4.79 Å². The van der Waals surface area contributed by atoms with Gasteiger partial charge < -0.3 is 5.32 Å². The second kappa shape index (κ2) is 7.15. The smallest absolute Gasteiger partial charge is 0.252 e. The molecular weight excluding hydrogens is 346 g/mol. The summed E-state index contributed by atoms with van der Waals surface area (Å²) < 4.78 is 1.70. The van der Waals surface area contributed by atoms with Gasteiger partial charge in [0.1, 0.15) is 0 Å². The SMILES string of the molecule is Cc1cc(C)n2nc(CC(=O)N[C@H](c3cccs3)C3CCCC3)nc2n1. The highest BCUT2D eigenvalue weighted by Crippen LogP contribution is 2.37. The molecule has 136 valence electrons. The Kier molecular flexibility index (Phi) is 4.72. The average Bonchev–Trinajstić information content (AvgIpc) is 3.34. The zero-order chi connectivity index (χ0) is 18.1. The van der Waals surface area contributed by atoms with E-state index < -0.39 is 0 Å². The molecule has 3 aromatic heterocycles. The van der Waals surface area contributed by atoms with Crippen molar-refractivity contribution in [1.29, 1.82) is 0 Å². The molecule has 6 nitrogen and oxygen atoms in total. The molecule has 0 radical (unpaired) electrons. The number of amides is 1. The van der Waals surface area contributed by atoms with Gasteiger partial charge in [0.15, 0.2) is 5.82 Å². The zero-order valence-corrected chi connectivity index (χ0v) is 15.9. The molecule has 0 unspecified atom stereocenters. The molecule has 3 heterocycles. The Morgan fingerprint density at radius 2 is 2.15 bits per heavy atom. The first-order valence-corrected chi connectivity index (χ1v) is 10.0. The van der Waals surface area contributed by atoms with Gasteiger partial charge in [-0.2, -0.15) is 4.98 Å². The molecule has 1 aliphatic carbocycles. The van der Waals surface area contributed by atoms with E-state index in [1.807, 2.05) is 19.9 Å². The molecule has 3 aromatic rings. The number of hydrogen-bond acceptors (Lipinski definition) is 5. The molecule has 0 aromatic carbocycles. The minimum Gasteiger partial charge on any atom is -0.348 e. The number of nitrogens with zero attached hydrogens (tertiary/aromatic N) is 4. The highest BCUT2D eigenvalue weighted by molar-refractivity contribution is 7.10. The molecule has 0 saturated heterocycles. The Bertz CT molecular complexity index is 912. The second-order valence-corrected chi connectivity index (χ2v) is 8.04. The molecule has 1 aliphatic rings. The third kappa shape index (κ3) is 3.49. The van der Waals surface area contributed by atoms with Crippen molar-refractivity contribution >= 4 is 23.0 Å². The number of nitrogens with one attached hydrogen (secondary N) is 1. The third-order valence-electron chi connectivity index (χ3n) is 5.02. The van der Waals surface area contributed by atoms with Crippen molar-refractivity contribution in [2.24, 2.45) is 5.92 Å². The lowest BCUT2D eigenvalue weighted by atomic mass is 9.96. The molecule has 0 bridgehead atoms. The monoisotopic (exact) mass is 369 g/mol. The van der Waals surface area contributed by atoms with E-state index in [0.717, 1.165) is 11.4 Å². The molecule has 4 rings (SSSR count). The first kappa shape index (κ1) is 17.1. The van der Waals surface area contributed by atoms with Crippen LogP contribution in [0.15, 0.2) is 23.6 Å². The quantitative estimate of drug-likeness (QED) is 0.748. The topological polar surface area (TPSA) is 72.2 Å². The summed E-state index contributed by atoms with van der Waals surface area (Å²) in [6.45, 7) is 3.90. The molecule has 1 N–H and O–H groups in total. The summed E-state index contributed by atoms with van der Waals surface area (Å²) in [7, 11) is 0. The number of thiophene rings is 1. The van der Waals surface area contributed by atoms with Crippen LogP contribution in [0.3, 0.4) is 0 Å². The normalized spacial score (nSPS) is 16.2. The zero-order valence-electron chi connectivity index (χ0n) is 15.1. The Morgan fingerprint density at radius 1 is 1.35 bits per heavy atom. The fourth-order valence-electron chi connectivity index (χ4n) is 3.83. The van der Waals surface area contributed by atoms with E-state index in [-0.39, 0.29) is 18.4 Å². The van der Waals surface area contributed by atoms with Crippen molar-refractivity contribution < 1.29 is 4.79 Å². The van der Waals surface area contributed by atoms with Crippen molar-refractivity contribution in [3.8, 4) is 0 Å². The molecule has 0 spiro atoms. The lowest BCUT2D eigenvalue weighted by Crippen LogP contribution is -2.33. The molecular formula is C19H23N5OS. The molecule has 7 heteroatoms. The van der Waals surface area contributed by atoms with Gasteiger partial charge in [-0.15, -0.1) is 16.4 Å². The first-order valence-electron chi connectivity index (χ1n) is 9.13. The number of aryl methyl sites for hydroxylation is 2. The maximum absolute atomic E-state index is 12.7. The van der Waals surface area contributed by atoms with Crippen LogP contribution in [0.2, 0.25) is 0 Å². The van der Waals surface area contributed by atoms with Crippen LogP contribution >= 0.6 is 11.3 Å². The van der Waals surface area contributed by atoms with Crippen molar-refractivity contribution in [1.82, 2.24) is 24.9 Å². The van der Waals surface area contributed by atoms with E-state index in [1.54, 1.807) is 15.9 Å². The van der Waals surface area contributed by atoms with Gasteiger partial charge in [-0.1, -0.05) is 18.9 Å². The molecule has 1 saturated carbocycles. The largest absolute Gasteiger partial charge is 0.348 e. The van der Waals surface area contributed by atoms with Crippen molar-refractivity contribution in [3.05, 3.63) is 45.7 Å². The predicted octanol–water partition coefficient (Wildman–Crippen LogP) is 3.39. The number of rotatable bonds is 5. The minimum absolute atomic E-state index is 0.0272. The van der Waals surface area contributed by atoms with Gasteiger partial charge in [-0.05, 0) is 50.1 Å². The maximum atomic E-state index is 12.7. The third-order valence-corrected chi connectivity index (χ3v) is 5.97. The number of carbonyl (C=O) groups is 1. The fourth-order valence-corrected chi connectivity index (χ4v) is 4.70. The average molecular weight is 369 g/mol. The van der Waals surface area contributed by atoms with Crippen LogP contribution < -0.4 is 5.32 Å². The summed E-state index contributed by atoms with van der Waals surface area (Å²) in [5, 5.41) is 9.76. The summed E-state index contributed by atoms with van der Waals surface area (Å²) in [6, 6.07) is 6.23. The van der Waals surface area contributed by atoms with Gasteiger partial charge in [0.2, 0.25) is 5.91 Å². The van der Waals surface area contributed by atoms with Crippen LogP contribution in [-0.4, -0.2) is 25.5 Å². The van der Waals surface area contributed by atoms with E-state index in [0.29, 0.717) is 17.5 Å². The molecule has 26 heavy (non-hydrogen) atoms. The van der Waals surface area contributed by atoms with Crippen LogP contribution in [0.5, 0.6) is 0 Å². The lowest BCUT2D eigenvalue weighted by molar-refractivity contribution is -0.121. The predicted molar refractivity (Wildman–Crippen MR) is 101 cm³/mol. The van der Waals surface area contributed by atoms with Crippen LogP contribution in [-0.2, 0) is 11.2 Å². The Labute approximate surface area is 156 Å². The van der Waals surface area contributed by atoms with Crippen LogP contribution in [0, 0.1) is 19.8 Å². The summed E-state index contributed by atoms with van der Waals surface area (Å²) in [6.07, 6.45) is 5.04. The number of fused-ring (bicyclic) bond motifs is 1. The van der Waals surface area contributed by atoms with E-state index in [2.05, 4.69) is 37.9 Å². The lowest BCUT2D eigenvalue weighted by Gasteiger charge is -2.23. The second-order valence-electron chi connectivity index (χ2n) is 7.06. The van der Waals surface area contributed by atoms with Crippen molar-refractivity contribution in [2.75, 3.05) is 0 Å². The Morgan fingerprint density at radius 3 is 2.88 bits per heavy atom. The van der Waals surface area contributed by atoms with E-state index in [4.69, 9.17) is 0 Å². The van der Waals surface area contributed by atoms with Crippen LogP contribution in [0.4, 0.5) is 0 Å². The number of carbonyl (C=O) groups excluding carboxylic acids is 1. The molecule has 1 atom stereocenters. The maximum Gasteiger partial charge on any atom is 0.252 e. The molecule has 0 aliphatic heterocycles. The molecule has 1 fully saturated rings. The van der Waals surface area contributed by atoms with Crippen molar-refractivity contribution in [2.45, 2.75) is 52.0 Å². The van der Waals surface area contributed by atoms with Crippen molar-refractivity contribution in [3.63, 3.8) is 0 Å². The van der Waals surface area contributed by atoms with Crippen LogP contribution in [0.1, 0.15) is 53.8 Å². The summed E-state index contributed by atoms with van der Waals surface area (Å²) in [4.78, 5) is 22.7. The minimum atomic E-state index is -0.0272. The highest BCUT2D eigenvalue weighted by atomic mass is 32.1. The summed E-state index contributed by atoms with van der Waals surface area (Å²) >= 11 is 1.71. The number of hydrogen-bond donors (Lipinski definition) is 1. The van der Waals surface area contributed by atoms with Gasteiger partial charge in [0.05, 0.1) is 12.5 Å². The number of aromatic nitrogens is 4. The van der Waals surface area contributed by atoms with Gasteiger partial charge in [-0.25, -0.2) is 9.50 Å². The molecule has 1 amide bonds. The fraction of sp³-hybridized carbons (Fsp3) is 0.474. The van der Waals surface area contributed by atoms with Gasteiger partial charge in [-0.3, -0.25) is 4.79 Å². The van der Waals surface area contributed by atoms with Crippen LogP contribution in [0.25, 0.3) is 5.78 Å². The highest BCUT2D eigenvalue weighted by Gasteiger charge is 2.28. The summed E-state index contributed by atoms with van der Waals surface area (Å²) in [5.74, 6) is 1.56. The Hall–Kier alpha value is -2.28. The standard InChI is InChI=1S/C19H23N5OS/c1-12-10-13(2)24-19(20-12)21-16(23-24)11-17(25)22-18(14-6-3-4-7-14)15-8-5-9-26-15/h5,8-10,14,18H,3-4,6-7,11H2,1-2H3,(H,22,25)/t18-/m0/s1. The Balaban J connectivity index is 1.51. The van der Waals surface area contributed by atoms with E-state index >= 15 is 0 Å². The van der Waals surface area contributed by atoms with Gasteiger partial charge in [0, 0.05) is 16.3 Å². The summed E-state index contributed by atoms with van der Waals surface area (Å²) in [5.41, 5.74) is 1.87. The van der Waals surface area contributed by atoms with Gasteiger partial charge in [0.25, 0.3) is 5.78 Å². The first-order chi connectivity index (χ1) is 12.6.